The molecule has 1 aromatic carbocycles. The molecule has 1 aromatic rings. The molecule has 10 heteroatoms. The standard InChI is InChI=1S/C22H29N2O7P/c1-6-29-22(25)19-14(4)23-15(5)21(32(28)30-11-17(12-31-32)13(2)3)20(19)16-8-7-9-18(10-16)24(26)27/h7-10,13,17,19-20H,6,11-12H2,1-5H3. The Labute approximate surface area is 187 Å². The molecule has 0 amide bonds. The first-order valence-corrected chi connectivity index (χ1v) is 12.2. The van der Waals surface area contributed by atoms with Gasteiger partial charge in [-0.1, -0.05) is 26.0 Å². The van der Waals surface area contributed by atoms with Crippen LogP contribution in [0.1, 0.15) is 46.1 Å². The van der Waals surface area contributed by atoms with Crippen LogP contribution in [0.4, 0.5) is 5.69 Å². The van der Waals surface area contributed by atoms with E-state index < -0.39 is 30.3 Å². The second-order valence-corrected chi connectivity index (χ2v) is 10.4. The van der Waals surface area contributed by atoms with E-state index in [1.165, 1.54) is 18.2 Å². The maximum absolute atomic E-state index is 13.9. The number of nitrogens with zero attached hydrogens (tertiary/aromatic N) is 2. The number of esters is 1. The summed E-state index contributed by atoms with van der Waals surface area (Å²) in [6.07, 6.45) is 0. The summed E-state index contributed by atoms with van der Waals surface area (Å²) in [5.74, 6) is -1.91. The first-order chi connectivity index (χ1) is 15.1. The van der Waals surface area contributed by atoms with Crippen LogP contribution in [0.2, 0.25) is 0 Å². The number of ether oxygens (including phenoxy) is 1. The van der Waals surface area contributed by atoms with Crippen LogP contribution in [-0.4, -0.2) is 36.4 Å². The predicted molar refractivity (Wildman–Crippen MR) is 120 cm³/mol. The molecule has 2 atom stereocenters. The molecule has 2 heterocycles. The summed E-state index contributed by atoms with van der Waals surface area (Å²) in [5.41, 5.74) is 1.22. The van der Waals surface area contributed by atoms with Gasteiger partial charge < -0.3 is 13.8 Å². The van der Waals surface area contributed by atoms with E-state index in [1.54, 1.807) is 26.8 Å². The highest BCUT2D eigenvalue weighted by molar-refractivity contribution is 7.58. The first-order valence-electron chi connectivity index (χ1n) is 10.7. The van der Waals surface area contributed by atoms with Crippen molar-refractivity contribution in [3.63, 3.8) is 0 Å². The zero-order chi connectivity index (χ0) is 23.6. The van der Waals surface area contributed by atoms with Crippen LogP contribution in [0.3, 0.4) is 0 Å². The van der Waals surface area contributed by atoms with E-state index >= 15 is 0 Å². The fourth-order valence-electron chi connectivity index (χ4n) is 4.10. The molecule has 0 radical (unpaired) electrons. The molecule has 2 aliphatic rings. The molecule has 174 valence electrons. The van der Waals surface area contributed by atoms with Crippen LogP contribution >= 0.6 is 7.60 Å². The van der Waals surface area contributed by atoms with Crippen LogP contribution in [-0.2, 0) is 23.1 Å². The predicted octanol–water partition coefficient (Wildman–Crippen LogP) is 5.08. The van der Waals surface area contributed by atoms with Gasteiger partial charge in [-0.05, 0) is 32.3 Å². The SMILES string of the molecule is CCOC(=O)C1C(C)=NC(C)=C(P2(=O)OCC(C(C)C)CO2)C1c1cccc([N+](=O)[O-])c1. The number of rotatable bonds is 6. The lowest BCUT2D eigenvalue weighted by atomic mass is 9.80. The second-order valence-electron chi connectivity index (χ2n) is 8.38. The largest absolute Gasteiger partial charge is 0.465 e. The number of non-ortho nitro benzene ring substituents is 1. The lowest BCUT2D eigenvalue weighted by Crippen LogP contribution is -2.35. The Kier molecular flexibility index (Phi) is 7.32. The molecule has 2 unspecified atom stereocenters. The zero-order valence-electron chi connectivity index (χ0n) is 18.9. The van der Waals surface area contributed by atoms with E-state index in [-0.39, 0.29) is 42.7 Å². The van der Waals surface area contributed by atoms with Gasteiger partial charge in [0.1, 0.15) is 5.92 Å². The van der Waals surface area contributed by atoms with Gasteiger partial charge in [0.05, 0.1) is 30.1 Å². The van der Waals surface area contributed by atoms with E-state index in [4.69, 9.17) is 13.8 Å². The van der Waals surface area contributed by atoms with Crippen molar-refractivity contribution in [1.82, 2.24) is 0 Å². The quantitative estimate of drug-likeness (QED) is 0.249. The normalized spacial score (nSPS) is 28.4. The van der Waals surface area contributed by atoms with Crippen LogP contribution in [0.5, 0.6) is 0 Å². The van der Waals surface area contributed by atoms with Crippen molar-refractivity contribution < 1.29 is 28.1 Å². The summed E-state index contributed by atoms with van der Waals surface area (Å²) in [6.45, 7) is 9.80. The van der Waals surface area contributed by atoms with Gasteiger partial charge in [0.25, 0.3) is 5.69 Å². The van der Waals surface area contributed by atoms with E-state index in [0.717, 1.165) is 0 Å². The summed E-state index contributed by atoms with van der Waals surface area (Å²) in [7, 11) is -3.81. The van der Waals surface area contributed by atoms with Crippen LogP contribution in [0.25, 0.3) is 0 Å². The number of hydrogen-bond acceptors (Lipinski definition) is 8. The van der Waals surface area contributed by atoms with Crippen LogP contribution in [0.15, 0.2) is 40.3 Å². The fraction of sp³-hybridized carbons (Fsp3) is 0.545. The Balaban J connectivity index is 2.15. The van der Waals surface area contributed by atoms with Gasteiger partial charge in [-0.2, -0.15) is 0 Å². The summed E-state index contributed by atoms with van der Waals surface area (Å²) in [6, 6.07) is 5.96. The third-order valence-electron chi connectivity index (χ3n) is 5.93. The van der Waals surface area contributed by atoms with Gasteiger partial charge in [-0.25, -0.2) is 0 Å². The molecule has 9 nitrogen and oxygen atoms in total. The molecule has 2 aliphatic heterocycles. The van der Waals surface area contributed by atoms with E-state index in [1.807, 2.05) is 13.8 Å². The van der Waals surface area contributed by atoms with Gasteiger partial charge >= 0.3 is 13.6 Å². The van der Waals surface area contributed by atoms with Crippen molar-refractivity contribution in [3.05, 3.63) is 51.0 Å². The Hall–Kier alpha value is -2.35. The third-order valence-corrected chi connectivity index (χ3v) is 8.10. The molecule has 3 rings (SSSR count). The smallest absolute Gasteiger partial charge is 0.359 e. The average Bonchev–Trinajstić information content (AvgIpc) is 2.73. The van der Waals surface area contributed by atoms with Gasteiger partial charge in [0.15, 0.2) is 0 Å². The first kappa shape index (κ1) is 24.3. The van der Waals surface area contributed by atoms with Crippen LogP contribution in [0, 0.1) is 27.9 Å². The van der Waals surface area contributed by atoms with E-state index in [0.29, 0.717) is 17.0 Å². The van der Waals surface area contributed by atoms with Gasteiger partial charge in [-0.15, -0.1) is 0 Å². The fourth-order valence-corrected chi connectivity index (χ4v) is 6.32. The number of carbonyl (C=O) groups excluding carboxylic acids is 1. The molecule has 0 N–H and O–H groups in total. The summed E-state index contributed by atoms with van der Waals surface area (Å²) < 4.78 is 30.9. The molecule has 32 heavy (non-hydrogen) atoms. The third kappa shape index (κ3) is 4.70. The number of benzene rings is 1. The number of nitro groups is 1. The molecule has 0 bridgehead atoms. The molecule has 0 aromatic heterocycles. The van der Waals surface area contributed by atoms with E-state index in [2.05, 4.69) is 4.99 Å². The highest BCUT2D eigenvalue weighted by atomic mass is 31.2. The number of allylic oxidation sites excluding steroid dienone is 2. The number of hydrogen-bond donors (Lipinski definition) is 0. The second kappa shape index (κ2) is 9.65. The molecule has 0 aliphatic carbocycles. The molecule has 0 saturated carbocycles. The minimum Gasteiger partial charge on any atom is -0.465 e. The Morgan fingerprint density at radius 3 is 2.53 bits per heavy atom. The molecule has 0 spiro atoms. The molecule has 1 fully saturated rings. The van der Waals surface area contributed by atoms with Gasteiger partial charge in [-0.3, -0.25) is 24.5 Å². The zero-order valence-corrected chi connectivity index (χ0v) is 19.8. The molecular weight excluding hydrogens is 435 g/mol. The topological polar surface area (TPSA) is 117 Å². The summed E-state index contributed by atoms with van der Waals surface area (Å²) >= 11 is 0. The van der Waals surface area contributed by atoms with Crippen molar-refractivity contribution in [2.24, 2.45) is 22.7 Å². The summed E-state index contributed by atoms with van der Waals surface area (Å²) in [5, 5.41) is 11.7. The van der Waals surface area contributed by atoms with Gasteiger partial charge in [0, 0.05) is 35.4 Å². The average molecular weight is 464 g/mol. The van der Waals surface area contributed by atoms with Crippen molar-refractivity contribution in [1.29, 1.82) is 0 Å². The highest BCUT2D eigenvalue weighted by Gasteiger charge is 2.49. The number of carbonyl (C=O) groups is 1. The minimum absolute atomic E-state index is 0.0870. The summed E-state index contributed by atoms with van der Waals surface area (Å²) in [4.78, 5) is 28.3. The van der Waals surface area contributed by atoms with Gasteiger partial charge in [0.2, 0.25) is 0 Å². The van der Waals surface area contributed by atoms with Crippen LogP contribution < -0.4 is 0 Å². The lowest BCUT2D eigenvalue weighted by molar-refractivity contribution is -0.384. The maximum atomic E-state index is 13.9. The highest BCUT2D eigenvalue weighted by Crippen LogP contribution is 2.66. The molecule has 1 saturated heterocycles. The molecular formula is C22H29N2O7P. The van der Waals surface area contributed by atoms with Crippen molar-refractivity contribution in [2.75, 3.05) is 19.8 Å². The monoisotopic (exact) mass is 464 g/mol. The Bertz CT molecular complexity index is 1010. The lowest BCUT2D eigenvalue weighted by Gasteiger charge is -2.38. The van der Waals surface area contributed by atoms with Crippen molar-refractivity contribution in [2.45, 2.75) is 40.5 Å². The number of aliphatic imine (C=N–C) groups is 1. The minimum atomic E-state index is -3.81. The Morgan fingerprint density at radius 1 is 1.31 bits per heavy atom. The van der Waals surface area contributed by atoms with Crippen molar-refractivity contribution in [3.8, 4) is 0 Å². The maximum Gasteiger partial charge on any atom is 0.359 e. The van der Waals surface area contributed by atoms with Crippen molar-refractivity contribution >= 4 is 25.0 Å². The Morgan fingerprint density at radius 2 is 1.97 bits per heavy atom. The van der Waals surface area contributed by atoms with E-state index in [9.17, 15) is 19.5 Å². The number of nitro benzene ring substituents is 1.